The van der Waals surface area contributed by atoms with Gasteiger partial charge < -0.3 is 9.64 Å². The van der Waals surface area contributed by atoms with E-state index in [9.17, 15) is 13.2 Å². The maximum atomic E-state index is 13.3. The molecule has 1 aromatic heterocycles. The molecule has 174 valence electrons. The fourth-order valence-corrected chi connectivity index (χ4v) is 3.86. The smallest absolute Gasteiger partial charge is 0.425 e. The third-order valence-electron chi connectivity index (χ3n) is 5.63. The summed E-state index contributed by atoms with van der Waals surface area (Å²) >= 11 is 0. The van der Waals surface area contributed by atoms with Crippen LogP contribution in [0.2, 0.25) is 0 Å². The van der Waals surface area contributed by atoms with Crippen molar-refractivity contribution in [1.82, 2.24) is 9.88 Å². The van der Waals surface area contributed by atoms with Crippen molar-refractivity contribution in [3.05, 3.63) is 42.5 Å². The largest absolute Gasteiger partial charge is 0.480 e. The Labute approximate surface area is 187 Å². The molecule has 1 aliphatic heterocycles. The van der Waals surface area contributed by atoms with Crippen LogP contribution in [-0.2, 0) is 6.42 Å². The molecule has 5 nitrogen and oxygen atoms in total. The van der Waals surface area contributed by atoms with Gasteiger partial charge in [0, 0.05) is 30.6 Å². The average Bonchev–Trinajstić information content (AvgIpc) is 3.08. The SMILES string of the molecule is C=C1N(CC)C(CC)=NN1c1cc(OC(C)C(F)(F)F)c2c(CCCCC)nccc2c1. The lowest BCUT2D eigenvalue weighted by Gasteiger charge is -2.24. The summed E-state index contributed by atoms with van der Waals surface area (Å²) in [6.07, 6.45) is -0.341. The summed E-state index contributed by atoms with van der Waals surface area (Å²) in [5, 5.41) is 7.72. The van der Waals surface area contributed by atoms with Crippen LogP contribution in [0.5, 0.6) is 5.75 Å². The van der Waals surface area contributed by atoms with E-state index in [0.29, 0.717) is 29.9 Å². The van der Waals surface area contributed by atoms with Crippen molar-refractivity contribution >= 4 is 22.3 Å². The summed E-state index contributed by atoms with van der Waals surface area (Å²) in [6.45, 7) is 12.0. The van der Waals surface area contributed by atoms with Crippen molar-refractivity contribution < 1.29 is 17.9 Å². The second-order valence-electron chi connectivity index (χ2n) is 7.90. The molecule has 0 saturated heterocycles. The minimum absolute atomic E-state index is 0.165. The minimum atomic E-state index is -4.48. The molecule has 3 rings (SSSR count). The Bertz CT molecular complexity index is 1000. The van der Waals surface area contributed by atoms with E-state index in [1.165, 1.54) is 0 Å². The lowest BCUT2D eigenvalue weighted by molar-refractivity contribution is -0.188. The molecule has 0 saturated carbocycles. The molecule has 1 aromatic carbocycles. The summed E-state index contributed by atoms with van der Waals surface area (Å²) in [5.41, 5.74) is 1.36. The molecule has 0 amide bonds. The van der Waals surface area contributed by atoms with E-state index in [4.69, 9.17) is 4.74 Å². The summed E-state index contributed by atoms with van der Waals surface area (Å²) < 4.78 is 45.5. The zero-order chi connectivity index (χ0) is 23.5. The molecule has 0 aliphatic carbocycles. The maximum Gasteiger partial charge on any atom is 0.425 e. The number of pyridine rings is 1. The molecular formula is C24H31F3N4O. The molecule has 1 aliphatic rings. The number of hydrogen-bond acceptors (Lipinski definition) is 5. The van der Waals surface area contributed by atoms with Crippen LogP contribution in [0, 0.1) is 0 Å². The van der Waals surface area contributed by atoms with Gasteiger partial charge in [-0.25, -0.2) is 5.01 Å². The zero-order valence-electron chi connectivity index (χ0n) is 19.2. The number of anilines is 1. The molecule has 32 heavy (non-hydrogen) atoms. The highest BCUT2D eigenvalue weighted by atomic mass is 19.4. The van der Waals surface area contributed by atoms with Gasteiger partial charge in [-0.3, -0.25) is 4.98 Å². The third-order valence-corrected chi connectivity index (χ3v) is 5.63. The number of hydrazone groups is 1. The van der Waals surface area contributed by atoms with Crippen LogP contribution in [0.3, 0.4) is 0 Å². The number of ether oxygens (including phenoxy) is 1. The normalized spacial score (nSPS) is 15.5. The van der Waals surface area contributed by atoms with Crippen LogP contribution in [0.25, 0.3) is 10.8 Å². The van der Waals surface area contributed by atoms with E-state index in [2.05, 4.69) is 23.6 Å². The van der Waals surface area contributed by atoms with E-state index in [1.54, 1.807) is 23.3 Å². The first-order chi connectivity index (χ1) is 15.2. The van der Waals surface area contributed by atoms with Gasteiger partial charge in [-0.2, -0.15) is 18.3 Å². The van der Waals surface area contributed by atoms with Gasteiger partial charge in [0.2, 0.25) is 0 Å². The Kier molecular flexibility index (Phi) is 7.31. The number of halogens is 3. The average molecular weight is 449 g/mol. The Hall–Kier alpha value is -2.77. The number of alkyl halides is 3. The van der Waals surface area contributed by atoms with E-state index >= 15 is 0 Å². The van der Waals surface area contributed by atoms with Crippen LogP contribution in [0.15, 0.2) is 41.9 Å². The standard InChI is InChI=1S/C24H31F3N4O/c1-6-9-10-11-20-23-18(12-13-28-20)14-19(15-21(23)32-16(4)24(25,26)27)31-17(5)30(8-3)22(7-2)29-31/h12-16H,5-11H2,1-4H3. The number of unbranched alkanes of at least 4 members (excludes halogenated alkanes) is 2. The number of hydrogen-bond donors (Lipinski definition) is 0. The Morgan fingerprint density at radius 3 is 2.50 bits per heavy atom. The van der Waals surface area contributed by atoms with Crippen LogP contribution in [0.1, 0.15) is 59.1 Å². The molecule has 0 bridgehead atoms. The van der Waals surface area contributed by atoms with Crippen molar-refractivity contribution in [1.29, 1.82) is 0 Å². The number of nitrogens with zero attached hydrogens (tertiary/aromatic N) is 4. The minimum Gasteiger partial charge on any atom is -0.480 e. The van der Waals surface area contributed by atoms with Gasteiger partial charge >= 0.3 is 6.18 Å². The number of benzene rings is 1. The fraction of sp³-hybridized carbons (Fsp3) is 0.500. The van der Waals surface area contributed by atoms with Crippen LogP contribution in [0.4, 0.5) is 18.9 Å². The number of fused-ring (bicyclic) bond motifs is 1. The van der Waals surface area contributed by atoms with E-state index < -0.39 is 12.3 Å². The summed E-state index contributed by atoms with van der Waals surface area (Å²) in [4.78, 5) is 6.47. The van der Waals surface area contributed by atoms with E-state index in [-0.39, 0.29) is 5.75 Å². The Morgan fingerprint density at radius 2 is 1.91 bits per heavy atom. The molecule has 2 heterocycles. The Morgan fingerprint density at radius 1 is 1.16 bits per heavy atom. The predicted octanol–water partition coefficient (Wildman–Crippen LogP) is 6.63. The molecule has 2 aromatic rings. The number of aryl methyl sites for hydroxylation is 1. The monoisotopic (exact) mass is 448 g/mol. The van der Waals surface area contributed by atoms with Gasteiger partial charge in [-0.05, 0) is 44.2 Å². The zero-order valence-corrected chi connectivity index (χ0v) is 19.2. The summed E-state index contributed by atoms with van der Waals surface area (Å²) in [7, 11) is 0. The van der Waals surface area contributed by atoms with Crippen LogP contribution in [-0.4, -0.2) is 34.5 Å². The summed E-state index contributed by atoms with van der Waals surface area (Å²) in [6, 6.07) is 5.33. The van der Waals surface area contributed by atoms with Gasteiger partial charge in [0.05, 0.1) is 11.4 Å². The van der Waals surface area contributed by atoms with Gasteiger partial charge in [0.1, 0.15) is 17.4 Å². The van der Waals surface area contributed by atoms with Gasteiger partial charge in [0.25, 0.3) is 0 Å². The molecule has 1 atom stereocenters. The molecule has 8 heteroatoms. The summed E-state index contributed by atoms with van der Waals surface area (Å²) in [5.74, 6) is 1.69. The lowest BCUT2D eigenvalue weighted by Crippen LogP contribution is -2.31. The van der Waals surface area contributed by atoms with E-state index in [0.717, 1.165) is 49.5 Å². The predicted molar refractivity (Wildman–Crippen MR) is 123 cm³/mol. The number of aromatic nitrogens is 1. The second kappa shape index (κ2) is 9.79. The van der Waals surface area contributed by atoms with E-state index in [1.807, 2.05) is 24.8 Å². The molecule has 0 N–H and O–H groups in total. The van der Waals surface area contributed by atoms with Gasteiger partial charge in [-0.1, -0.05) is 33.3 Å². The molecular weight excluding hydrogens is 417 g/mol. The van der Waals surface area contributed by atoms with Crippen molar-refractivity contribution in [3.8, 4) is 5.75 Å². The molecule has 0 spiro atoms. The highest BCUT2D eigenvalue weighted by molar-refractivity contribution is 5.95. The highest BCUT2D eigenvalue weighted by Crippen LogP contribution is 2.39. The number of amidine groups is 1. The first-order valence-corrected chi connectivity index (χ1v) is 11.2. The maximum absolute atomic E-state index is 13.3. The topological polar surface area (TPSA) is 41.0 Å². The molecule has 0 radical (unpaired) electrons. The fourth-order valence-electron chi connectivity index (χ4n) is 3.86. The third kappa shape index (κ3) is 4.84. The van der Waals surface area contributed by atoms with Crippen molar-refractivity contribution in [3.63, 3.8) is 0 Å². The molecule has 0 fully saturated rings. The van der Waals surface area contributed by atoms with Crippen LogP contribution < -0.4 is 9.75 Å². The first-order valence-electron chi connectivity index (χ1n) is 11.2. The van der Waals surface area contributed by atoms with Gasteiger partial charge in [0.15, 0.2) is 6.10 Å². The van der Waals surface area contributed by atoms with Crippen molar-refractivity contribution in [2.75, 3.05) is 11.6 Å². The van der Waals surface area contributed by atoms with Crippen molar-refractivity contribution in [2.45, 2.75) is 72.1 Å². The van der Waals surface area contributed by atoms with Crippen molar-refractivity contribution in [2.24, 2.45) is 5.10 Å². The lowest BCUT2D eigenvalue weighted by atomic mass is 10.0. The van der Waals surface area contributed by atoms with Crippen LogP contribution >= 0.6 is 0 Å². The quantitative estimate of drug-likeness (QED) is 0.404. The Balaban J connectivity index is 2.12. The van der Waals surface area contributed by atoms with Gasteiger partial charge in [-0.15, -0.1) is 0 Å². The second-order valence-corrected chi connectivity index (χ2v) is 7.90. The highest BCUT2D eigenvalue weighted by Gasteiger charge is 2.38. The first kappa shape index (κ1) is 23.9. The molecule has 1 unspecified atom stereocenters. The number of rotatable bonds is 9.